The number of rotatable bonds is 3. The van der Waals surface area contributed by atoms with Gasteiger partial charge in [0.05, 0.1) is 12.8 Å². The van der Waals surface area contributed by atoms with Crippen molar-refractivity contribution in [3.63, 3.8) is 0 Å². The van der Waals surface area contributed by atoms with E-state index in [2.05, 4.69) is 5.10 Å². The third-order valence-corrected chi connectivity index (χ3v) is 3.68. The minimum atomic E-state index is -0.363. The first-order valence-electron chi connectivity index (χ1n) is 6.23. The maximum atomic E-state index is 11.5. The highest BCUT2D eigenvalue weighted by atomic mass is 16.5. The fraction of sp³-hybridized carbons (Fsp3) is 0.615. The van der Waals surface area contributed by atoms with Gasteiger partial charge in [0.2, 0.25) is 0 Å². The second kappa shape index (κ2) is 5.33. The third-order valence-electron chi connectivity index (χ3n) is 3.68. The van der Waals surface area contributed by atoms with Crippen LogP contribution in [0.5, 0.6) is 0 Å². The topological polar surface area (TPSA) is 61.2 Å². The van der Waals surface area contributed by atoms with E-state index in [-0.39, 0.29) is 11.9 Å². The van der Waals surface area contributed by atoms with Gasteiger partial charge in [0.15, 0.2) is 0 Å². The molecule has 0 amide bonds. The molecule has 98 valence electrons. The van der Waals surface area contributed by atoms with Crippen molar-refractivity contribution in [2.24, 2.45) is 13.0 Å². The van der Waals surface area contributed by atoms with E-state index in [0.717, 1.165) is 37.7 Å². The average molecular weight is 250 g/mol. The van der Waals surface area contributed by atoms with Crippen LogP contribution in [-0.2, 0) is 16.6 Å². The van der Waals surface area contributed by atoms with Crippen LogP contribution >= 0.6 is 0 Å². The van der Waals surface area contributed by atoms with Gasteiger partial charge >= 0.3 is 5.97 Å². The monoisotopic (exact) mass is 250 g/mol. The molecular weight excluding hydrogens is 232 g/mol. The predicted molar refractivity (Wildman–Crippen MR) is 65.3 cm³/mol. The summed E-state index contributed by atoms with van der Waals surface area (Å²) < 4.78 is 6.27. The molecule has 1 aromatic rings. The van der Waals surface area contributed by atoms with Crippen molar-refractivity contribution in [3.8, 4) is 0 Å². The number of hydrogen-bond acceptors (Lipinski definition) is 4. The van der Waals surface area contributed by atoms with Crippen LogP contribution in [0.25, 0.3) is 0 Å². The minimum absolute atomic E-state index is 0.199. The molecular formula is C13H18N2O3. The lowest BCUT2D eigenvalue weighted by Gasteiger charge is -2.23. The molecule has 18 heavy (non-hydrogen) atoms. The summed E-state index contributed by atoms with van der Waals surface area (Å²) in [7, 11) is 3.11. The van der Waals surface area contributed by atoms with Crippen LogP contribution in [0.4, 0.5) is 0 Å². The van der Waals surface area contributed by atoms with Crippen LogP contribution in [0, 0.1) is 5.92 Å². The Hall–Kier alpha value is -1.65. The number of methoxy groups -OCH3 is 1. The molecule has 0 atom stereocenters. The maximum Gasteiger partial charge on any atom is 0.356 e. The standard InChI is InChI=1S/C13H18N2O3/c1-15-12(13(17)18-2)7-11(14-15)10-5-3-9(8-16)4-6-10/h7-10H,3-6H2,1-2H3. The van der Waals surface area contributed by atoms with Crippen molar-refractivity contribution in [2.75, 3.05) is 7.11 Å². The zero-order valence-corrected chi connectivity index (χ0v) is 10.8. The summed E-state index contributed by atoms with van der Waals surface area (Å²) in [5.41, 5.74) is 1.41. The van der Waals surface area contributed by atoms with E-state index in [9.17, 15) is 9.59 Å². The van der Waals surface area contributed by atoms with E-state index in [0.29, 0.717) is 11.6 Å². The van der Waals surface area contributed by atoms with Gasteiger partial charge in [-0.2, -0.15) is 5.10 Å². The second-order valence-corrected chi connectivity index (χ2v) is 4.82. The lowest BCUT2D eigenvalue weighted by Crippen LogP contribution is -2.14. The fourth-order valence-corrected chi connectivity index (χ4v) is 2.54. The fourth-order valence-electron chi connectivity index (χ4n) is 2.54. The van der Waals surface area contributed by atoms with Crippen LogP contribution in [0.1, 0.15) is 47.8 Å². The number of ether oxygens (including phenoxy) is 1. The summed E-state index contributed by atoms with van der Waals surface area (Å²) in [6, 6.07) is 1.80. The van der Waals surface area contributed by atoms with E-state index in [1.165, 1.54) is 7.11 Å². The van der Waals surface area contributed by atoms with Crippen molar-refractivity contribution < 1.29 is 14.3 Å². The molecule has 1 heterocycles. The normalized spacial score (nSPS) is 23.7. The molecule has 1 fully saturated rings. The quantitative estimate of drug-likeness (QED) is 0.605. The largest absolute Gasteiger partial charge is 0.464 e. The first kappa shape index (κ1) is 12.8. The predicted octanol–water partition coefficient (Wildman–Crippen LogP) is 1.68. The minimum Gasteiger partial charge on any atom is -0.464 e. The van der Waals surface area contributed by atoms with Gasteiger partial charge in [-0.25, -0.2) is 4.79 Å². The first-order chi connectivity index (χ1) is 8.65. The van der Waals surface area contributed by atoms with Crippen LogP contribution < -0.4 is 0 Å². The summed E-state index contributed by atoms with van der Waals surface area (Å²) in [6.45, 7) is 0. The van der Waals surface area contributed by atoms with Crippen molar-refractivity contribution >= 4 is 12.3 Å². The smallest absolute Gasteiger partial charge is 0.356 e. The molecule has 1 saturated carbocycles. The zero-order valence-electron chi connectivity index (χ0n) is 10.8. The number of carbonyl (C=O) groups excluding carboxylic acids is 2. The second-order valence-electron chi connectivity index (χ2n) is 4.82. The Kier molecular flexibility index (Phi) is 3.79. The molecule has 0 unspecified atom stereocenters. The van der Waals surface area contributed by atoms with Crippen LogP contribution in [0.2, 0.25) is 0 Å². The van der Waals surface area contributed by atoms with E-state index >= 15 is 0 Å². The number of aldehydes is 1. The summed E-state index contributed by atoms with van der Waals surface area (Å²) >= 11 is 0. The molecule has 0 saturated heterocycles. The lowest BCUT2D eigenvalue weighted by molar-refractivity contribution is -0.111. The highest BCUT2D eigenvalue weighted by Crippen LogP contribution is 2.34. The van der Waals surface area contributed by atoms with Gasteiger partial charge in [0.25, 0.3) is 0 Å². The maximum absolute atomic E-state index is 11.5. The number of hydrogen-bond donors (Lipinski definition) is 0. The number of carbonyl (C=O) groups is 2. The molecule has 0 N–H and O–H groups in total. The Morgan fingerprint density at radius 2 is 2.11 bits per heavy atom. The van der Waals surface area contributed by atoms with E-state index in [4.69, 9.17) is 4.74 Å². The molecule has 5 heteroatoms. The molecule has 0 radical (unpaired) electrons. The number of esters is 1. The number of aromatic nitrogens is 2. The molecule has 0 bridgehead atoms. The third kappa shape index (κ3) is 2.44. The summed E-state index contributed by atoms with van der Waals surface area (Å²) in [4.78, 5) is 22.2. The van der Waals surface area contributed by atoms with Crippen molar-refractivity contribution in [1.82, 2.24) is 9.78 Å². The zero-order chi connectivity index (χ0) is 13.1. The van der Waals surface area contributed by atoms with E-state index in [1.54, 1.807) is 17.8 Å². The molecule has 1 aliphatic carbocycles. The molecule has 1 aromatic heterocycles. The Morgan fingerprint density at radius 1 is 1.44 bits per heavy atom. The number of nitrogens with zero attached hydrogens (tertiary/aromatic N) is 2. The number of aryl methyl sites for hydroxylation is 1. The highest BCUT2D eigenvalue weighted by Gasteiger charge is 2.25. The van der Waals surface area contributed by atoms with Gasteiger partial charge in [-0.05, 0) is 31.7 Å². The SMILES string of the molecule is COC(=O)c1cc(C2CCC(C=O)CC2)nn1C. The Bertz CT molecular complexity index is 445. The van der Waals surface area contributed by atoms with Gasteiger partial charge in [-0.1, -0.05) is 0 Å². The van der Waals surface area contributed by atoms with Crippen molar-refractivity contribution in [3.05, 3.63) is 17.5 Å². The highest BCUT2D eigenvalue weighted by molar-refractivity contribution is 5.87. The van der Waals surface area contributed by atoms with Crippen molar-refractivity contribution in [1.29, 1.82) is 0 Å². The van der Waals surface area contributed by atoms with Crippen LogP contribution in [0.15, 0.2) is 6.07 Å². The van der Waals surface area contributed by atoms with Gasteiger partial charge in [0, 0.05) is 18.9 Å². The van der Waals surface area contributed by atoms with Gasteiger partial charge in [-0.15, -0.1) is 0 Å². The summed E-state index contributed by atoms with van der Waals surface area (Å²) in [5, 5.41) is 4.38. The van der Waals surface area contributed by atoms with Gasteiger partial charge < -0.3 is 9.53 Å². The Labute approximate surface area is 106 Å². The Morgan fingerprint density at radius 3 is 2.67 bits per heavy atom. The molecule has 0 spiro atoms. The summed E-state index contributed by atoms with van der Waals surface area (Å²) in [6.07, 6.45) is 4.80. The average Bonchev–Trinajstić information content (AvgIpc) is 2.80. The molecule has 1 aliphatic rings. The van der Waals surface area contributed by atoms with Crippen molar-refractivity contribution in [2.45, 2.75) is 31.6 Å². The molecule has 0 aliphatic heterocycles. The first-order valence-corrected chi connectivity index (χ1v) is 6.23. The lowest BCUT2D eigenvalue weighted by atomic mass is 9.81. The summed E-state index contributed by atoms with van der Waals surface area (Å²) in [5.74, 6) is 0.189. The molecule has 2 rings (SSSR count). The Balaban J connectivity index is 2.10. The van der Waals surface area contributed by atoms with Crippen LogP contribution in [0.3, 0.4) is 0 Å². The molecule has 0 aromatic carbocycles. The van der Waals surface area contributed by atoms with Gasteiger partial charge in [0.1, 0.15) is 12.0 Å². The van der Waals surface area contributed by atoms with E-state index < -0.39 is 0 Å². The van der Waals surface area contributed by atoms with Gasteiger partial charge in [-0.3, -0.25) is 4.68 Å². The molecule has 5 nitrogen and oxygen atoms in total. The van der Waals surface area contributed by atoms with Crippen LogP contribution in [-0.4, -0.2) is 29.1 Å². The van der Waals surface area contributed by atoms with E-state index in [1.807, 2.05) is 0 Å².